The minimum absolute atomic E-state index is 0.101. The number of carbonyl (C=O) groups excluding carboxylic acids is 2. The monoisotopic (exact) mass is 411 g/mol. The molecule has 1 aliphatic heterocycles. The number of ether oxygens (including phenoxy) is 2. The minimum Gasteiger partial charge on any atom is -0.493 e. The fourth-order valence-electron chi connectivity index (χ4n) is 3.32. The van der Waals surface area contributed by atoms with Gasteiger partial charge in [0.05, 0.1) is 20.1 Å². The second-order valence-corrected chi connectivity index (χ2v) is 7.26. The first-order valence-corrected chi connectivity index (χ1v) is 10.2. The van der Waals surface area contributed by atoms with Gasteiger partial charge in [0.15, 0.2) is 11.5 Å². The number of aryl methyl sites for hydroxylation is 1. The molecule has 2 aromatic rings. The smallest absolute Gasteiger partial charge is 0.317 e. The Morgan fingerprint density at radius 3 is 2.23 bits per heavy atom. The molecule has 1 saturated heterocycles. The highest BCUT2D eigenvalue weighted by Gasteiger charge is 2.24. The zero-order valence-corrected chi connectivity index (χ0v) is 17.6. The highest BCUT2D eigenvalue weighted by molar-refractivity contribution is 5.79. The molecule has 160 valence electrons. The van der Waals surface area contributed by atoms with Crippen LogP contribution in [0.4, 0.5) is 4.79 Å². The first kappa shape index (κ1) is 21.5. The summed E-state index contributed by atoms with van der Waals surface area (Å²) in [6.45, 7) is 4.93. The standard InChI is InChI=1S/C23H29N3O4/c1-18-7-9-19(10-8-18)17-22(27)25-12-14-26(15-13-25)23(28)24-11-16-30-21-6-4-3-5-20(21)29-2/h3-10H,11-17H2,1-2H3,(H,24,28). The molecule has 7 nitrogen and oxygen atoms in total. The quantitative estimate of drug-likeness (QED) is 0.711. The van der Waals surface area contributed by atoms with Crippen LogP contribution in [-0.2, 0) is 11.2 Å². The van der Waals surface area contributed by atoms with E-state index in [9.17, 15) is 9.59 Å². The van der Waals surface area contributed by atoms with Crippen LogP contribution in [0, 0.1) is 6.92 Å². The van der Waals surface area contributed by atoms with Crippen molar-refractivity contribution in [2.24, 2.45) is 0 Å². The zero-order chi connectivity index (χ0) is 21.3. The van der Waals surface area contributed by atoms with Crippen LogP contribution < -0.4 is 14.8 Å². The summed E-state index contributed by atoms with van der Waals surface area (Å²) >= 11 is 0. The van der Waals surface area contributed by atoms with Gasteiger partial charge >= 0.3 is 6.03 Å². The Morgan fingerprint density at radius 2 is 1.57 bits per heavy atom. The summed E-state index contributed by atoms with van der Waals surface area (Å²) in [5.74, 6) is 1.41. The number of amides is 3. The van der Waals surface area contributed by atoms with Crippen molar-refractivity contribution < 1.29 is 19.1 Å². The molecule has 3 rings (SSSR count). The van der Waals surface area contributed by atoms with E-state index in [1.807, 2.05) is 60.4 Å². The Balaban J connectivity index is 1.36. The molecular weight excluding hydrogens is 382 g/mol. The van der Waals surface area contributed by atoms with Gasteiger partial charge in [-0.15, -0.1) is 0 Å². The number of para-hydroxylation sites is 2. The molecule has 1 aliphatic rings. The zero-order valence-electron chi connectivity index (χ0n) is 17.6. The van der Waals surface area contributed by atoms with E-state index in [1.54, 1.807) is 12.0 Å². The van der Waals surface area contributed by atoms with Crippen molar-refractivity contribution in [3.05, 3.63) is 59.7 Å². The molecule has 0 spiro atoms. The predicted octanol–water partition coefficient (Wildman–Crippen LogP) is 2.48. The number of carbonyl (C=O) groups is 2. The molecule has 0 aliphatic carbocycles. The third kappa shape index (κ3) is 5.89. The topological polar surface area (TPSA) is 71.1 Å². The molecule has 1 heterocycles. The van der Waals surface area contributed by atoms with E-state index in [1.165, 1.54) is 5.56 Å². The Kier molecular flexibility index (Phi) is 7.54. The van der Waals surface area contributed by atoms with E-state index in [4.69, 9.17) is 9.47 Å². The summed E-state index contributed by atoms with van der Waals surface area (Å²) in [6, 6.07) is 15.3. The van der Waals surface area contributed by atoms with E-state index >= 15 is 0 Å². The van der Waals surface area contributed by atoms with Crippen molar-refractivity contribution in [2.45, 2.75) is 13.3 Å². The van der Waals surface area contributed by atoms with Crippen molar-refractivity contribution in [2.75, 3.05) is 46.4 Å². The van der Waals surface area contributed by atoms with Gasteiger partial charge in [0.2, 0.25) is 5.91 Å². The summed E-state index contributed by atoms with van der Waals surface area (Å²) in [5, 5.41) is 2.87. The maximum absolute atomic E-state index is 12.5. The highest BCUT2D eigenvalue weighted by atomic mass is 16.5. The third-order valence-corrected chi connectivity index (χ3v) is 5.10. The Bertz CT molecular complexity index is 846. The van der Waals surface area contributed by atoms with Gasteiger partial charge in [0, 0.05) is 26.2 Å². The lowest BCUT2D eigenvalue weighted by atomic mass is 10.1. The lowest BCUT2D eigenvalue weighted by molar-refractivity contribution is -0.131. The van der Waals surface area contributed by atoms with Crippen LogP contribution in [0.3, 0.4) is 0 Å². The molecule has 0 bridgehead atoms. The fourth-order valence-corrected chi connectivity index (χ4v) is 3.32. The molecule has 1 fully saturated rings. The molecule has 7 heteroatoms. The van der Waals surface area contributed by atoms with Crippen LogP contribution in [0.25, 0.3) is 0 Å². The van der Waals surface area contributed by atoms with Crippen LogP contribution in [0.5, 0.6) is 11.5 Å². The first-order valence-electron chi connectivity index (χ1n) is 10.2. The molecule has 0 unspecified atom stereocenters. The third-order valence-electron chi connectivity index (χ3n) is 5.10. The average Bonchev–Trinajstić information content (AvgIpc) is 2.78. The van der Waals surface area contributed by atoms with Crippen molar-refractivity contribution >= 4 is 11.9 Å². The Labute approximate surface area is 177 Å². The van der Waals surface area contributed by atoms with E-state index in [0.29, 0.717) is 57.3 Å². The summed E-state index contributed by atoms with van der Waals surface area (Å²) in [7, 11) is 1.59. The van der Waals surface area contributed by atoms with E-state index in [2.05, 4.69) is 5.32 Å². The Morgan fingerprint density at radius 1 is 0.933 bits per heavy atom. The van der Waals surface area contributed by atoms with E-state index < -0.39 is 0 Å². The molecule has 3 amide bonds. The molecule has 0 radical (unpaired) electrons. The van der Waals surface area contributed by atoms with Gasteiger partial charge < -0.3 is 24.6 Å². The van der Waals surface area contributed by atoms with Gasteiger partial charge in [-0.25, -0.2) is 4.79 Å². The Hall–Kier alpha value is -3.22. The number of piperazine rings is 1. The number of methoxy groups -OCH3 is 1. The number of nitrogens with zero attached hydrogens (tertiary/aromatic N) is 2. The number of urea groups is 1. The van der Waals surface area contributed by atoms with Gasteiger partial charge in [0.1, 0.15) is 6.61 Å². The summed E-state index contributed by atoms with van der Waals surface area (Å²) in [6.07, 6.45) is 0.396. The molecule has 0 saturated carbocycles. The summed E-state index contributed by atoms with van der Waals surface area (Å²) in [4.78, 5) is 28.4. The maximum Gasteiger partial charge on any atom is 0.317 e. The van der Waals surface area contributed by atoms with Gasteiger partial charge in [0.25, 0.3) is 0 Å². The SMILES string of the molecule is COc1ccccc1OCCNC(=O)N1CCN(C(=O)Cc2ccc(C)cc2)CC1. The van der Waals surface area contributed by atoms with Crippen LogP contribution in [0.15, 0.2) is 48.5 Å². The summed E-state index contributed by atoms with van der Waals surface area (Å²) in [5.41, 5.74) is 2.19. The molecule has 0 atom stereocenters. The molecule has 2 aromatic carbocycles. The van der Waals surface area contributed by atoms with Crippen LogP contribution in [0.2, 0.25) is 0 Å². The number of hydrogen-bond acceptors (Lipinski definition) is 4. The van der Waals surface area contributed by atoms with Crippen LogP contribution in [0.1, 0.15) is 11.1 Å². The molecule has 30 heavy (non-hydrogen) atoms. The predicted molar refractivity (Wildman–Crippen MR) is 115 cm³/mol. The molecule has 1 N–H and O–H groups in total. The highest BCUT2D eigenvalue weighted by Crippen LogP contribution is 2.25. The molecular formula is C23H29N3O4. The minimum atomic E-state index is -0.135. The van der Waals surface area contributed by atoms with Gasteiger partial charge in [-0.3, -0.25) is 4.79 Å². The van der Waals surface area contributed by atoms with Crippen molar-refractivity contribution in [1.29, 1.82) is 0 Å². The van der Waals surface area contributed by atoms with Crippen LogP contribution in [-0.4, -0.2) is 68.2 Å². The van der Waals surface area contributed by atoms with Gasteiger partial charge in [-0.2, -0.15) is 0 Å². The summed E-state index contributed by atoms with van der Waals surface area (Å²) < 4.78 is 10.9. The number of hydrogen-bond donors (Lipinski definition) is 1. The number of nitrogens with one attached hydrogen (secondary N) is 1. The largest absolute Gasteiger partial charge is 0.493 e. The van der Waals surface area contributed by atoms with Gasteiger partial charge in [-0.05, 0) is 24.6 Å². The van der Waals surface area contributed by atoms with Crippen LogP contribution >= 0.6 is 0 Å². The number of benzene rings is 2. The lowest BCUT2D eigenvalue weighted by Crippen LogP contribution is -2.53. The average molecular weight is 412 g/mol. The fraction of sp³-hybridized carbons (Fsp3) is 0.391. The number of rotatable bonds is 7. The second-order valence-electron chi connectivity index (χ2n) is 7.26. The normalized spacial score (nSPS) is 13.7. The van der Waals surface area contributed by atoms with E-state index in [-0.39, 0.29) is 11.9 Å². The van der Waals surface area contributed by atoms with Crippen molar-refractivity contribution in [3.8, 4) is 11.5 Å². The van der Waals surface area contributed by atoms with Crippen molar-refractivity contribution in [1.82, 2.24) is 15.1 Å². The first-order chi connectivity index (χ1) is 14.6. The maximum atomic E-state index is 12.5. The molecule has 0 aromatic heterocycles. The second kappa shape index (κ2) is 10.5. The van der Waals surface area contributed by atoms with Crippen molar-refractivity contribution in [3.63, 3.8) is 0 Å². The van der Waals surface area contributed by atoms with E-state index in [0.717, 1.165) is 5.56 Å². The van der Waals surface area contributed by atoms with Gasteiger partial charge in [-0.1, -0.05) is 42.0 Å². The lowest BCUT2D eigenvalue weighted by Gasteiger charge is -2.34.